The molecule has 0 amide bonds. The number of benzene rings is 1. The minimum Gasteiger partial charge on any atom is -0.495 e. The average molecular weight is 270 g/mol. The molecule has 7 nitrogen and oxygen atoms in total. The summed E-state index contributed by atoms with van der Waals surface area (Å²) in [4.78, 5) is 8.17. The highest BCUT2D eigenvalue weighted by atomic mass is 16.5. The van der Waals surface area contributed by atoms with Crippen molar-refractivity contribution in [3.05, 3.63) is 35.7 Å². The Morgan fingerprint density at radius 3 is 2.70 bits per heavy atom. The maximum Gasteiger partial charge on any atom is 0.148 e. The van der Waals surface area contributed by atoms with Gasteiger partial charge in [-0.15, -0.1) is 0 Å². The van der Waals surface area contributed by atoms with Gasteiger partial charge >= 0.3 is 0 Å². The zero-order chi connectivity index (χ0) is 14.5. The number of aromatic nitrogens is 2. The number of hydrogen-bond donors (Lipinski definition) is 3. The molecular formula is C13H14N6O. The normalized spacial score (nSPS) is 9.70. The fourth-order valence-electron chi connectivity index (χ4n) is 1.71. The Bertz CT molecular complexity index is 664. The molecule has 0 spiro atoms. The lowest BCUT2D eigenvalue weighted by Crippen LogP contribution is -2.11. The molecule has 2 aromatic rings. The Labute approximate surface area is 116 Å². The van der Waals surface area contributed by atoms with Gasteiger partial charge < -0.3 is 15.5 Å². The lowest BCUT2D eigenvalue weighted by molar-refractivity contribution is 0.416. The largest absolute Gasteiger partial charge is 0.495 e. The van der Waals surface area contributed by atoms with Crippen LogP contribution in [-0.4, -0.2) is 17.1 Å². The molecule has 0 aliphatic carbocycles. The van der Waals surface area contributed by atoms with Gasteiger partial charge in [-0.05, 0) is 19.1 Å². The number of nitrogens with two attached hydrogens (primary N) is 1. The van der Waals surface area contributed by atoms with Crippen molar-refractivity contribution in [2.75, 3.05) is 17.9 Å². The highest BCUT2D eigenvalue weighted by molar-refractivity contribution is 5.69. The predicted octanol–water partition coefficient (Wildman–Crippen LogP) is 1.69. The van der Waals surface area contributed by atoms with Gasteiger partial charge in [0, 0.05) is 11.6 Å². The molecule has 102 valence electrons. The van der Waals surface area contributed by atoms with E-state index in [1.54, 1.807) is 25.3 Å². The smallest absolute Gasteiger partial charge is 0.148 e. The van der Waals surface area contributed by atoms with E-state index in [1.165, 1.54) is 6.33 Å². The fraction of sp³-hybridized carbons (Fsp3) is 0.154. The molecule has 0 unspecified atom stereocenters. The van der Waals surface area contributed by atoms with E-state index in [1.807, 2.05) is 6.92 Å². The van der Waals surface area contributed by atoms with Crippen molar-refractivity contribution in [1.82, 2.24) is 9.97 Å². The Kier molecular flexibility index (Phi) is 3.98. The molecular weight excluding hydrogens is 256 g/mol. The van der Waals surface area contributed by atoms with Crippen molar-refractivity contribution < 1.29 is 4.74 Å². The van der Waals surface area contributed by atoms with E-state index in [-0.39, 0.29) is 0 Å². The number of rotatable bonds is 4. The van der Waals surface area contributed by atoms with E-state index < -0.39 is 0 Å². The molecule has 0 saturated carbocycles. The first kappa shape index (κ1) is 13.6. The van der Waals surface area contributed by atoms with Crippen LogP contribution in [0.5, 0.6) is 5.75 Å². The molecule has 1 aromatic carbocycles. The van der Waals surface area contributed by atoms with Gasteiger partial charge in [-0.25, -0.2) is 15.8 Å². The number of nitriles is 1. The van der Waals surface area contributed by atoms with Gasteiger partial charge in [0.2, 0.25) is 0 Å². The quantitative estimate of drug-likeness (QED) is 0.573. The molecule has 0 bridgehead atoms. The zero-order valence-corrected chi connectivity index (χ0v) is 11.1. The minimum absolute atomic E-state index is 0.524. The zero-order valence-electron chi connectivity index (χ0n) is 11.1. The third kappa shape index (κ3) is 2.60. The standard InChI is InChI=1S/C13H14N6O/c1-8-12(16-7-17-13(8)19-15)18-10-4-3-9(6-14)5-11(10)20-2/h3-5,7H,15H2,1-2H3,(H2,16,17,18,19). The van der Waals surface area contributed by atoms with Crippen LogP contribution < -0.4 is 21.3 Å². The first-order valence-electron chi connectivity index (χ1n) is 5.83. The second kappa shape index (κ2) is 5.86. The second-order valence-corrected chi connectivity index (χ2v) is 3.99. The van der Waals surface area contributed by atoms with Crippen molar-refractivity contribution in [3.63, 3.8) is 0 Å². The molecule has 0 atom stereocenters. The van der Waals surface area contributed by atoms with E-state index >= 15 is 0 Å². The summed E-state index contributed by atoms with van der Waals surface area (Å²) in [5.74, 6) is 7.08. The summed E-state index contributed by atoms with van der Waals surface area (Å²) >= 11 is 0. The fourth-order valence-corrected chi connectivity index (χ4v) is 1.71. The van der Waals surface area contributed by atoms with Crippen molar-refractivity contribution in [3.8, 4) is 11.8 Å². The van der Waals surface area contributed by atoms with Crippen molar-refractivity contribution in [2.24, 2.45) is 5.84 Å². The van der Waals surface area contributed by atoms with Crippen LogP contribution in [0.2, 0.25) is 0 Å². The summed E-state index contributed by atoms with van der Waals surface area (Å²) in [6.07, 6.45) is 1.40. The van der Waals surface area contributed by atoms with Gasteiger partial charge in [-0.1, -0.05) is 0 Å². The number of ether oxygens (including phenoxy) is 1. The topological polar surface area (TPSA) is 109 Å². The summed E-state index contributed by atoms with van der Waals surface area (Å²) in [5.41, 5.74) is 4.51. The van der Waals surface area contributed by atoms with E-state index in [2.05, 4.69) is 26.8 Å². The summed E-state index contributed by atoms with van der Waals surface area (Å²) in [6, 6.07) is 7.17. The highest BCUT2D eigenvalue weighted by Gasteiger charge is 2.09. The van der Waals surface area contributed by atoms with Crippen LogP contribution in [0, 0.1) is 18.3 Å². The van der Waals surface area contributed by atoms with Crippen LogP contribution in [0.15, 0.2) is 24.5 Å². The predicted molar refractivity (Wildman–Crippen MR) is 75.6 cm³/mol. The summed E-state index contributed by atoms with van der Waals surface area (Å²) in [5, 5.41) is 12.0. The molecule has 0 saturated heterocycles. The van der Waals surface area contributed by atoms with Gasteiger partial charge in [-0.2, -0.15) is 5.26 Å². The van der Waals surface area contributed by atoms with E-state index in [0.717, 1.165) is 5.56 Å². The van der Waals surface area contributed by atoms with E-state index in [4.69, 9.17) is 15.8 Å². The molecule has 1 aromatic heterocycles. The lowest BCUT2D eigenvalue weighted by Gasteiger charge is -2.13. The van der Waals surface area contributed by atoms with Crippen molar-refractivity contribution in [1.29, 1.82) is 5.26 Å². The molecule has 2 rings (SSSR count). The van der Waals surface area contributed by atoms with Gasteiger partial charge in [-0.3, -0.25) is 0 Å². The van der Waals surface area contributed by atoms with Gasteiger partial charge in [0.1, 0.15) is 23.7 Å². The van der Waals surface area contributed by atoms with Crippen LogP contribution in [0.1, 0.15) is 11.1 Å². The number of nitrogen functional groups attached to an aromatic ring is 1. The molecule has 1 heterocycles. The van der Waals surface area contributed by atoms with Crippen LogP contribution in [0.4, 0.5) is 17.3 Å². The average Bonchev–Trinajstić information content (AvgIpc) is 2.49. The maximum absolute atomic E-state index is 8.88. The van der Waals surface area contributed by atoms with E-state index in [0.29, 0.717) is 28.6 Å². The van der Waals surface area contributed by atoms with Crippen LogP contribution in [-0.2, 0) is 0 Å². The summed E-state index contributed by atoms with van der Waals surface area (Å²) < 4.78 is 5.26. The van der Waals surface area contributed by atoms with Crippen LogP contribution in [0.25, 0.3) is 0 Å². The van der Waals surface area contributed by atoms with E-state index in [9.17, 15) is 0 Å². The van der Waals surface area contributed by atoms with Gasteiger partial charge in [0.15, 0.2) is 0 Å². The number of nitrogens with zero attached hydrogens (tertiary/aromatic N) is 3. The number of hydrogen-bond acceptors (Lipinski definition) is 7. The van der Waals surface area contributed by atoms with Crippen molar-refractivity contribution >= 4 is 17.3 Å². The maximum atomic E-state index is 8.88. The Balaban J connectivity index is 2.38. The molecule has 7 heteroatoms. The molecule has 20 heavy (non-hydrogen) atoms. The third-order valence-electron chi connectivity index (χ3n) is 2.80. The number of nitrogens with one attached hydrogen (secondary N) is 2. The molecule has 0 radical (unpaired) electrons. The SMILES string of the molecule is COc1cc(C#N)ccc1Nc1ncnc(NN)c1C. The molecule has 0 fully saturated rings. The molecule has 0 aliphatic heterocycles. The third-order valence-corrected chi connectivity index (χ3v) is 2.80. The Morgan fingerprint density at radius 2 is 2.05 bits per heavy atom. The molecule has 0 aliphatic rings. The van der Waals surface area contributed by atoms with Gasteiger partial charge in [0.05, 0.1) is 24.4 Å². The second-order valence-electron chi connectivity index (χ2n) is 3.99. The van der Waals surface area contributed by atoms with Crippen LogP contribution >= 0.6 is 0 Å². The monoisotopic (exact) mass is 270 g/mol. The number of anilines is 3. The number of methoxy groups -OCH3 is 1. The Hall–Kier alpha value is -2.85. The van der Waals surface area contributed by atoms with Crippen LogP contribution in [0.3, 0.4) is 0 Å². The lowest BCUT2D eigenvalue weighted by atomic mass is 10.2. The molecule has 4 N–H and O–H groups in total. The van der Waals surface area contributed by atoms with Gasteiger partial charge in [0.25, 0.3) is 0 Å². The first-order valence-corrected chi connectivity index (χ1v) is 5.83. The summed E-state index contributed by atoms with van der Waals surface area (Å²) in [7, 11) is 1.54. The highest BCUT2D eigenvalue weighted by Crippen LogP contribution is 2.29. The van der Waals surface area contributed by atoms with Crippen molar-refractivity contribution in [2.45, 2.75) is 6.92 Å². The summed E-state index contributed by atoms with van der Waals surface area (Å²) in [6.45, 7) is 1.84. The minimum atomic E-state index is 0.524. The first-order chi connectivity index (χ1) is 9.69. The Morgan fingerprint density at radius 1 is 1.30 bits per heavy atom. The number of hydrazine groups is 1.